The van der Waals surface area contributed by atoms with E-state index in [4.69, 9.17) is 23.7 Å². The smallest absolute Gasteiger partial charge is 0.309 e. The lowest BCUT2D eigenvalue weighted by Crippen LogP contribution is -2.48. The van der Waals surface area contributed by atoms with Gasteiger partial charge in [-0.15, -0.1) is 0 Å². The molecular weight excluding hydrogens is 408 g/mol. The van der Waals surface area contributed by atoms with Crippen molar-refractivity contribution in [1.29, 1.82) is 0 Å². The van der Waals surface area contributed by atoms with Crippen LogP contribution in [0.1, 0.15) is 66.2 Å². The molecule has 0 heterocycles. The zero-order valence-corrected chi connectivity index (χ0v) is 18.8. The second-order valence-corrected chi connectivity index (χ2v) is 8.03. The predicted octanol–water partition coefficient (Wildman–Crippen LogP) is 2.33. The average Bonchev–Trinajstić information content (AvgIpc) is 2.70. The van der Waals surface area contributed by atoms with Gasteiger partial charge in [0.05, 0.1) is 37.3 Å². The molecule has 0 bridgehead atoms. The Labute approximate surface area is 183 Å². The van der Waals surface area contributed by atoms with Crippen LogP contribution in [0.3, 0.4) is 0 Å². The second-order valence-electron chi connectivity index (χ2n) is 8.03. The van der Waals surface area contributed by atoms with Crippen molar-refractivity contribution in [3.8, 4) is 0 Å². The number of esters is 4. The van der Waals surface area contributed by atoms with E-state index in [-0.39, 0.29) is 37.0 Å². The molecule has 0 N–H and O–H groups in total. The van der Waals surface area contributed by atoms with E-state index in [1.165, 1.54) is 13.8 Å². The third-order valence-corrected chi connectivity index (χ3v) is 5.69. The summed E-state index contributed by atoms with van der Waals surface area (Å²) in [6.07, 6.45) is 0.425. The average molecular weight is 443 g/mol. The Hall–Kier alpha value is -2.16. The molecule has 9 nitrogen and oxygen atoms in total. The fraction of sp³-hybridized carbons (Fsp3) is 0.818. The minimum absolute atomic E-state index is 0.284. The third kappa shape index (κ3) is 7.48. The van der Waals surface area contributed by atoms with Gasteiger partial charge in [-0.3, -0.25) is 19.2 Å². The van der Waals surface area contributed by atoms with Crippen molar-refractivity contribution in [1.82, 2.24) is 0 Å². The number of hydrogen-bond acceptors (Lipinski definition) is 9. The largest absolute Gasteiger partial charge is 0.466 e. The molecule has 2 rings (SSSR count). The minimum Gasteiger partial charge on any atom is -0.466 e. The molecular formula is C22H34O9. The lowest BCUT2D eigenvalue weighted by molar-refractivity contribution is -0.191. The molecule has 0 aliphatic heterocycles. The molecule has 0 spiro atoms. The van der Waals surface area contributed by atoms with Crippen molar-refractivity contribution in [2.24, 2.45) is 11.8 Å². The van der Waals surface area contributed by atoms with Crippen LogP contribution in [0.5, 0.6) is 0 Å². The first-order valence-corrected chi connectivity index (χ1v) is 11.1. The number of rotatable bonds is 8. The molecule has 0 amide bonds. The predicted molar refractivity (Wildman–Crippen MR) is 108 cm³/mol. The molecule has 2 aliphatic rings. The van der Waals surface area contributed by atoms with E-state index in [0.29, 0.717) is 38.5 Å². The van der Waals surface area contributed by atoms with E-state index in [2.05, 4.69) is 0 Å². The highest BCUT2D eigenvalue weighted by Gasteiger charge is 2.43. The second kappa shape index (κ2) is 12.0. The van der Waals surface area contributed by atoms with E-state index in [1.54, 1.807) is 13.8 Å². The van der Waals surface area contributed by atoms with E-state index in [1.807, 2.05) is 0 Å². The fourth-order valence-corrected chi connectivity index (χ4v) is 4.36. The number of carbonyl (C=O) groups is 4. The Kier molecular flexibility index (Phi) is 9.74. The zero-order valence-electron chi connectivity index (χ0n) is 18.8. The summed E-state index contributed by atoms with van der Waals surface area (Å²) in [5.41, 5.74) is 0. The van der Waals surface area contributed by atoms with E-state index in [9.17, 15) is 19.2 Å². The van der Waals surface area contributed by atoms with Crippen molar-refractivity contribution in [2.75, 3.05) is 13.2 Å². The molecule has 2 fully saturated rings. The van der Waals surface area contributed by atoms with Gasteiger partial charge in [0.1, 0.15) is 12.2 Å². The number of hydrogen-bond donors (Lipinski definition) is 0. The standard InChI is InChI=1S/C22H34O9/c1-5-27-21(25)15-7-9-17(29-13(3)23)19(11-15)31-20-12-16(22(26)28-6-2)8-10-18(20)30-14(4)24/h15-20H,5-12H2,1-4H3/t15-,16-,17+,18+,19-,20-/m1/s1. The molecule has 0 aromatic carbocycles. The van der Waals surface area contributed by atoms with E-state index in [0.717, 1.165) is 0 Å². The minimum atomic E-state index is -0.573. The summed E-state index contributed by atoms with van der Waals surface area (Å²) in [7, 11) is 0. The molecule has 176 valence electrons. The Morgan fingerprint density at radius 3 is 1.35 bits per heavy atom. The topological polar surface area (TPSA) is 114 Å². The number of ether oxygens (including phenoxy) is 5. The van der Waals surface area contributed by atoms with Crippen molar-refractivity contribution in [2.45, 2.75) is 90.6 Å². The van der Waals surface area contributed by atoms with Crippen LogP contribution in [0.4, 0.5) is 0 Å². The van der Waals surface area contributed by atoms with Gasteiger partial charge in [0.2, 0.25) is 0 Å². The van der Waals surface area contributed by atoms with Gasteiger partial charge in [-0.05, 0) is 52.4 Å². The highest BCUT2D eigenvalue weighted by Crippen LogP contribution is 2.35. The maximum Gasteiger partial charge on any atom is 0.309 e. The number of carbonyl (C=O) groups excluding carboxylic acids is 4. The van der Waals surface area contributed by atoms with Gasteiger partial charge in [-0.2, -0.15) is 0 Å². The van der Waals surface area contributed by atoms with Gasteiger partial charge in [-0.25, -0.2) is 0 Å². The summed E-state index contributed by atoms with van der Waals surface area (Å²) in [5.74, 6) is -2.21. The van der Waals surface area contributed by atoms with Crippen molar-refractivity contribution in [3.63, 3.8) is 0 Å². The lowest BCUT2D eigenvalue weighted by Gasteiger charge is -2.40. The fourth-order valence-electron chi connectivity index (χ4n) is 4.36. The van der Waals surface area contributed by atoms with Crippen molar-refractivity contribution in [3.05, 3.63) is 0 Å². The van der Waals surface area contributed by atoms with Crippen LogP contribution in [0.2, 0.25) is 0 Å². The maximum absolute atomic E-state index is 12.3. The molecule has 2 saturated carbocycles. The van der Waals surface area contributed by atoms with Gasteiger partial charge < -0.3 is 23.7 Å². The van der Waals surface area contributed by atoms with Gasteiger partial charge >= 0.3 is 23.9 Å². The molecule has 0 aromatic heterocycles. The monoisotopic (exact) mass is 442 g/mol. The molecule has 0 aromatic rings. The Balaban J connectivity index is 2.17. The van der Waals surface area contributed by atoms with Crippen LogP contribution < -0.4 is 0 Å². The first kappa shape index (κ1) is 25.1. The SMILES string of the molecule is CCOC(=O)[C@@H]1CC[C@H](OC(C)=O)[C@H](O[C@@H]2C[C@H](C(=O)OCC)CC[C@@H]2OC(C)=O)C1. The molecule has 0 saturated heterocycles. The van der Waals surface area contributed by atoms with Crippen LogP contribution in [0, 0.1) is 11.8 Å². The quantitative estimate of drug-likeness (QED) is 0.412. The molecule has 6 atom stereocenters. The van der Waals surface area contributed by atoms with Crippen molar-refractivity contribution < 1.29 is 42.9 Å². The molecule has 0 radical (unpaired) electrons. The van der Waals surface area contributed by atoms with E-state index >= 15 is 0 Å². The Morgan fingerprint density at radius 1 is 0.645 bits per heavy atom. The summed E-state index contributed by atoms with van der Waals surface area (Å²) < 4.78 is 27.5. The Morgan fingerprint density at radius 2 is 1.03 bits per heavy atom. The third-order valence-electron chi connectivity index (χ3n) is 5.69. The van der Waals surface area contributed by atoms with Crippen LogP contribution in [0.25, 0.3) is 0 Å². The van der Waals surface area contributed by atoms with Gasteiger partial charge in [0, 0.05) is 13.8 Å². The maximum atomic E-state index is 12.3. The molecule has 31 heavy (non-hydrogen) atoms. The van der Waals surface area contributed by atoms with Crippen LogP contribution in [0.15, 0.2) is 0 Å². The van der Waals surface area contributed by atoms with Crippen molar-refractivity contribution >= 4 is 23.9 Å². The van der Waals surface area contributed by atoms with Crippen LogP contribution in [-0.2, 0) is 42.9 Å². The zero-order chi connectivity index (χ0) is 23.0. The summed E-state index contributed by atoms with van der Waals surface area (Å²) in [6.45, 7) is 6.72. The van der Waals surface area contributed by atoms with Gasteiger partial charge in [0.25, 0.3) is 0 Å². The molecule has 2 aliphatic carbocycles. The normalized spacial score (nSPS) is 30.7. The lowest BCUT2D eigenvalue weighted by atomic mass is 9.83. The first-order chi connectivity index (χ1) is 14.7. The Bertz CT molecular complexity index is 593. The molecule has 9 heteroatoms. The first-order valence-electron chi connectivity index (χ1n) is 11.1. The summed E-state index contributed by atoms with van der Waals surface area (Å²) in [6, 6.07) is 0. The van der Waals surface area contributed by atoms with Crippen LogP contribution in [-0.4, -0.2) is 61.5 Å². The summed E-state index contributed by atoms with van der Waals surface area (Å²) in [5, 5.41) is 0. The van der Waals surface area contributed by atoms with Gasteiger partial charge in [0.15, 0.2) is 0 Å². The highest BCUT2D eigenvalue weighted by molar-refractivity contribution is 5.73. The van der Waals surface area contributed by atoms with E-state index < -0.39 is 36.4 Å². The molecule has 0 unspecified atom stereocenters. The highest BCUT2D eigenvalue weighted by atomic mass is 16.6. The van der Waals surface area contributed by atoms with Gasteiger partial charge in [-0.1, -0.05) is 0 Å². The summed E-state index contributed by atoms with van der Waals surface area (Å²) in [4.78, 5) is 47.7. The summed E-state index contributed by atoms with van der Waals surface area (Å²) >= 11 is 0. The van der Waals surface area contributed by atoms with Crippen LogP contribution >= 0.6 is 0 Å².